The average Bonchev–Trinajstić information content (AvgIpc) is 3.13. The largest absolute Gasteiger partial charge is 0.352 e. The Labute approximate surface area is 170 Å². The lowest BCUT2D eigenvalue weighted by Crippen LogP contribution is -2.51. The molecule has 4 rings (SSSR count). The number of hydrogen-bond acceptors (Lipinski definition) is 6. The van der Waals surface area contributed by atoms with Crippen molar-refractivity contribution in [2.75, 3.05) is 31.1 Å². The van der Waals surface area contributed by atoms with E-state index in [9.17, 15) is 4.79 Å². The Kier molecular flexibility index (Phi) is 5.19. The number of piperazine rings is 1. The van der Waals surface area contributed by atoms with Gasteiger partial charge in [-0.1, -0.05) is 37.3 Å². The van der Waals surface area contributed by atoms with Crippen molar-refractivity contribution in [2.24, 2.45) is 18.7 Å². The molecule has 0 bridgehead atoms. The van der Waals surface area contributed by atoms with E-state index in [2.05, 4.69) is 20.0 Å². The van der Waals surface area contributed by atoms with E-state index in [4.69, 9.17) is 5.73 Å². The van der Waals surface area contributed by atoms with Gasteiger partial charge in [-0.25, -0.2) is 9.97 Å². The molecule has 0 saturated carbocycles. The van der Waals surface area contributed by atoms with Crippen LogP contribution in [0.25, 0.3) is 11.0 Å². The van der Waals surface area contributed by atoms with Gasteiger partial charge in [0.25, 0.3) is 0 Å². The number of rotatable bonds is 4. The molecule has 8 heteroatoms. The minimum absolute atomic E-state index is 0.103. The van der Waals surface area contributed by atoms with Crippen LogP contribution in [-0.4, -0.2) is 56.7 Å². The molecule has 0 aliphatic carbocycles. The molecule has 2 N–H and O–H groups in total. The van der Waals surface area contributed by atoms with Crippen molar-refractivity contribution in [2.45, 2.75) is 19.9 Å². The second kappa shape index (κ2) is 7.79. The summed E-state index contributed by atoms with van der Waals surface area (Å²) in [6, 6.07) is 9.51. The first kappa shape index (κ1) is 19.3. The Bertz CT molecular complexity index is 1010. The van der Waals surface area contributed by atoms with Crippen LogP contribution in [-0.2, 0) is 11.8 Å². The van der Waals surface area contributed by atoms with Gasteiger partial charge < -0.3 is 15.5 Å². The molecule has 29 heavy (non-hydrogen) atoms. The van der Waals surface area contributed by atoms with E-state index in [1.807, 2.05) is 62.3 Å². The number of nitrogens with two attached hydrogens (primary N) is 1. The summed E-state index contributed by atoms with van der Waals surface area (Å²) in [7, 11) is 1.88. The lowest BCUT2D eigenvalue weighted by Gasteiger charge is -2.37. The Morgan fingerprint density at radius 3 is 2.48 bits per heavy atom. The van der Waals surface area contributed by atoms with E-state index in [1.54, 1.807) is 4.68 Å². The van der Waals surface area contributed by atoms with Crippen LogP contribution in [0.1, 0.15) is 24.4 Å². The van der Waals surface area contributed by atoms with Crippen LogP contribution in [0, 0.1) is 12.8 Å². The summed E-state index contributed by atoms with van der Waals surface area (Å²) in [4.78, 5) is 26.3. The topological polar surface area (TPSA) is 93.2 Å². The molecule has 3 heterocycles. The van der Waals surface area contributed by atoms with Crippen molar-refractivity contribution in [3.05, 3.63) is 47.9 Å². The lowest BCUT2D eigenvalue weighted by atomic mass is 9.94. The first-order valence-electron chi connectivity index (χ1n) is 9.96. The van der Waals surface area contributed by atoms with Crippen molar-refractivity contribution >= 4 is 22.8 Å². The van der Waals surface area contributed by atoms with Crippen LogP contribution in [0.4, 0.5) is 5.82 Å². The lowest BCUT2D eigenvalue weighted by molar-refractivity contribution is -0.136. The predicted molar refractivity (Wildman–Crippen MR) is 112 cm³/mol. The minimum atomic E-state index is -0.304. The van der Waals surface area contributed by atoms with Gasteiger partial charge in [0, 0.05) is 39.3 Å². The second-order valence-corrected chi connectivity index (χ2v) is 7.64. The van der Waals surface area contributed by atoms with Crippen molar-refractivity contribution in [3.8, 4) is 0 Å². The highest BCUT2D eigenvalue weighted by Gasteiger charge is 2.30. The third-order valence-electron chi connectivity index (χ3n) is 5.69. The van der Waals surface area contributed by atoms with Crippen LogP contribution in [0.3, 0.4) is 0 Å². The Hall–Kier alpha value is -3.00. The molecule has 0 spiro atoms. The number of anilines is 1. The summed E-state index contributed by atoms with van der Waals surface area (Å²) in [6.07, 6.45) is 1.81. The minimum Gasteiger partial charge on any atom is -0.352 e. The van der Waals surface area contributed by atoms with Crippen molar-refractivity contribution in [3.63, 3.8) is 0 Å². The molecule has 1 aliphatic heterocycles. The second-order valence-electron chi connectivity index (χ2n) is 7.64. The van der Waals surface area contributed by atoms with Gasteiger partial charge in [-0.3, -0.25) is 9.48 Å². The molecule has 0 radical (unpaired) electrons. The molecule has 2 aromatic heterocycles. The van der Waals surface area contributed by atoms with E-state index in [-0.39, 0.29) is 17.9 Å². The summed E-state index contributed by atoms with van der Waals surface area (Å²) in [5, 5.41) is 5.26. The number of hydrogen-bond donors (Lipinski definition) is 1. The number of aromatic nitrogens is 4. The van der Waals surface area contributed by atoms with Crippen LogP contribution in [0.5, 0.6) is 0 Å². The average molecular weight is 393 g/mol. The molecule has 1 aromatic carbocycles. The molecule has 1 amide bonds. The molecule has 152 valence electrons. The molecule has 2 atom stereocenters. The molecule has 1 saturated heterocycles. The molecule has 2 unspecified atom stereocenters. The van der Waals surface area contributed by atoms with E-state index in [0.717, 1.165) is 41.3 Å². The third kappa shape index (κ3) is 3.67. The summed E-state index contributed by atoms with van der Waals surface area (Å²) >= 11 is 0. The van der Waals surface area contributed by atoms with Crippen LogP contribution in [0.2, 0.25) is 0 Å². The zero-order chi connectivity index (χ0) is 20.5. The fourth-order valence-electron chi connectivity index (χ4n) is 3.90. The normalized spacial score (nSPS) is 16.8. The molecular weight excluding hydrogens is 366 g/mol. The zero-order valence-electron chi connectivity index (χ0n) is 17.1. The first-order chi connectivity index (χ1) is 14.0. The number of carbonyl (C=O) groups excluding carboxylic acids is 1. The highest BCUT2D eigenvalue weighted by atomic mass is 16.2. The molecule has 1 fully saturated rings. The summed E-state index contributed by atoms with van der Waals surface area (Å²) < 4.78 is 1.76. The fraction of sp³-hybridized carbons (Fsp3) is 0.429. The monoisotopic (exact) mass is 393 g/mol. The van der Waals surface area contributed by atoms with Gasteiger partial charge in [-0.05, 0) is 12.5 Å². The van der Waals surface area contributed by atoms with E-state index in [0.29, 0.717) is 13.1 Å². The standard InChI is InChI=1S/C21H27N7O/c1-14(18(22)16-7-5-4-6-8-16)21(29)28-11-9-27(10-12-28)20-17-13-23-26(3)19(17)24-15(2)25-20/h4-8,13-14,18H,9-12,22H2,1-3H3. The van der Waals surface area contributed by atoms with Crippen molar-refractivity contribution in [1.29, 1.82) is 0 Å². The van der Waals surface area contributed by atoms with Crippen molar-refractivity contribution in [1.82, 2.24) is 24.6 Å². The van der Waals surface area contributed by atoms with Crippen LogP contribution in [0.15, 0.2) is 36.5 Å². The smallest absolute Gasteiger partial charge is 0.227 e. The SMILES string of the molecule is Cc1nc(N2CCN(C(=O)C(C)C(N)c3ccccc3)CC2)c2cnn(C)c2n1. The van der Waals surface area contributed by atoms with E-state index in [1.165, 1.54) is 0 Å². The molecular formula is C21H27N7O. The Morgan fingerprint density at radius 2 is 1.79 bits per heavy atom. The maximum atomic E-state index is 13.0. The van der Waals surface area contributed by atoms with Gasteiger partial charge in [-0.2, -0.15) is 5.10 Å². The number of nitrogens with zero attached hydrogens (tertiary/aromatic N) is 6. The summed E-state index contributed by atoms with van der Waals surface area (Å²) in [5.74, 6) is 1.44. The van der Waals surface area contributed by atoms with Crippen LogP contribution < -0.4 is 10.6 Å². The number of fused-ring (bicyclic) bond motifs is 1. The Balaban J connectivity index is 1.45. The molecule has 8 nitrogen and oxygen atoms in total. The van der Waals surface area contributed by atoms with Gasteiger partial charge in [0.15, 0.2) is 5.65 Å². The highest BCUT2D eigenvalue weighted by Crippen LogP contribution is 2.26. The number of benzene rings is 1. The highest BCUT2D eigenvalue weighted by molar-refractivity contribution is 5.87. The summed E-state index contributed by atoms with van der Waals surface area (Å²) in [6.45, 7) is 6.55. The van der Waals surface area contributed by atoms with E-state index < -0.39 is 0 Å². The maximum Gasteiger partial charge on any atom is 0.227 e. The predicted octanol–water partition coefficient (Wildman–Crippen LogP) is 1.66. The van der Waals surface area contributed by atoms with Crippen LogP contribution >= 0.6 is 0 Å². The number of aryl methyl sites for hydroxylation is 2. The quantitative estimate of drug-likeness (QED) is 0.725. The van der Waals surface area contributed by atoms with Gasteiger partial charge in [-0.15, -0.1) is 0 Å². The third-order valence-corrected chi connectivity index (χ3v) is 5.69. The van der Waals surface area contributed by atoms with E-state index >= 15 is 0 Å². The maximum absolute atomic E-state index is 13.0. The number of carbonyl (C=O) groups is 1. The summed E-state index contributed by atoms with van der Waals surface area (Å²) in [5.41, 5.74) is 8.18. The van der Waals surface area contributed by atoms with Gasteiger partial charge in [0.05, 0.1) is 17.5 Å². The zero-order valence-corrected chi connectivity index (χ0v) is 17.1. The van der Waals surface area contributed by atoms with Gasteiger partial charge >= 0.3 is 0 Å². The molecule has 1 aliphatic rings. The first-order valence-corrected chi connectivity index (χ1v) is 9.96. The fourth-order valence-corrected chi connectivity index (χ4v) is 3.90. The Morgan fingerprint density at radius 1 is 1.10 bits per heavy atom. The van der Waals surface area contributed by atoms with Gasteiger partial charge in [0.2, 0.25) is 5.91 Å². The van der Waals surface area contributed by atoms with Gasteiger partial charge in [0.1, 0.15) is 11.6 Å². The molecule has 3 aromatic rings. The van der Waals surface area contributed by atoms with Crippen molar-refractivity contribution < 1.29 is 4.79 Å². The number of amides is 1.